The van der Waals surface area contributed by atoms with Crippen molar-refractivity contribution in [3.8, 4) is 0 Å². The number of rotatable bonds is 3. The molecule has 0 radical (unpaired) electrons. The van der Waals surface area contributed by atoms with Crippen LogP contribution in [0.2, 0.25) is 0 Å². The van der Waals surface area contributed by atoms with Gasteiger partial charge in [0, 0.05) is 26.2 Å². The van der Waals surface area contributed by atoms with Gasteiger partial charge in [-0.3, -0.25) is 9.58 Å². The van der Waals surface area contributed by atoms with Crippen molar-refractivity contribution in [2.75, 3.05) is 25.5 Å². The minimum absolute atomic E-state index is 0.883. The van der Waals surface area contributed by atoms with E-state index >= 15 is 0 Å². The van der Waals surface area contributed by atoms with E-state index in [4.69, 9.17) is 0 Å². The quantitative estimate of drug-likeness (QED) is 0.894. The van der Waals surface area contributed by atoms with Gasteiger partial charge in [0.1, 0.15) is 5.82 Å². The SMILES string of the molecule is CNc1c(CN2CCCC(C)CC2)c(C)nn1C. The highest BCUT2D eigenvalue weighted by atomic mass is 15.3. The zero-order valence-corrected chi connectivity index (χ0v) is 12.2. The van der Waals surface area contributed by atoms with E-state index in [0.717, 1.165) is 24.0 Å². The topological polar surface area (TPSA) is 33.1 Å². The molecule has 18 heavy (non-hydrogen) atoms. The highest BCUT2D eigenvalue weighted by Gasteiger charge is 2.18. The lowest BCUT2D eigenvalue weighted by Crippen LogP contribution is -2.24. The molecule has 0 saturated carbocycles. The maximum absolute atomic E-state index is 4.51. The summed E-state index contributed by atoms with van der Waals surface area (Å²) in [5.41, 5.74) is 2.51. The first-order valence-corrected chi connectivity index (χ1v) is 7.04. The number of hydrogen-bond donors (Lipinski definition) is 1. The van der Waals surface area contributed by atoms with Gasteiger partial charge in [0.05, 0.1) is 5.69 Å². The van der Waals surface area contributed by atoms with E-state index in [-0.39, 0.29) is 0 Å². The van der Waals surface area contributed by atoms with Crippen molar-refractivity contribution < 1.29 is 0 Å². The molecule has 0 bridgehead atoms. The third-order valence-corrected chi connectivity index (χ3v) is 4.07. The lowest BCUT2D eigenvalue weighted by molar-refractivity contribution is 0.273. The normalized spacial score (nSPS) is 21.9. The lowest BCUT2D eigenvalue weighted by Gasteiger charge is -2.20. The number of aryl methyl sites for hydroxylation is 2. The number of nitrogens with one attached hydrogen (secondary N) is 1. The molecule has 102 valence electrons. The molecular weight excluding hydrogens is 224 g/mol. The smallest absolute Gasteiger partial charge is 0.128 e. The molecule has 0 aliphatic carbocycles. The lowest BCUT2D eigenvalue weighted by atomic mass is 10.0. The van der Waals surface area contributed by atoms with E-state index in [2.05, 4.69) is 29.2 Å². The molecule has 2 rings (SSSR count). The second-order valence-electron chi connectivity index (χ2n) is 5.60. The van der Waals surface area contributed by atoms with Crippen LogP contribution >= 0.6 is 0 Å². The monoisotopic (exact) mass is 250 g/mol. The molecule has 1 unspecified atom stereocenters. The molecule has 1 N–H and O–H groups in total. The van der Waals surface area contributed by atoms with Gasteiger partial charge in [0.15, 0.2) is 0 Å². The molecule has 1 fully saturated rings. The fraction of sp³-hybridized carbons (Fsp3) is 0.786. The molecule has 0 aromatic carbocycles. The minimum Gasteiger partial charge on any atom is -0.373 e. The van der Waals surface area contributed by atoms with Crippen LogP contribution in [0.25, 0.3) is 0 Å². The van der Waals surface area contributed by atoms with Crippen LogP contribution in [0.15, 0.2) is 0 Å². The zero-order chi connectivity index (χ0) is 13.1. The molecule has 1 aromatic heterocycles. The molecule has 2 heterocycles. The Morgan fingerprint density at radius 3 is 2.83 bits per heavy atom. The van der Waals surface area contributed by atoms with Crippen LogP contribution in [0, 0.1) is 12.8 Å². The predicted octanol–water partition coefficient (Wildman–Crippen LogP) is 2.39. The largest absolute Gasteiger partial charge is 0.373 e. The molecule has 1 aromatic rings. The van der Waals surface area contributed by atoms with Crippen LogP contribution in [0.4, 0.5) is 5.82 Å². The Balaban J connectivity index is 2.08. The molecular formula is C14H26N4. The van der Waals surface area contributed by atoms with E-state index in [1.54, 1.807) is 0 Å². The summed E-state index contributed by atoms with van der Waals surface area (Å²) < 4.78 is 1.95. The average Bonchev–Trinajstić information content (AvgIpc) is 2.50. The predicted molar refractivity (Wildman–Crippen MR) is 75.8 cm³/mol. The van der Waals surface area contributed by atoms with Gasteiger partial charge >= 0.3 is 0 Å². The zero-order valence-electron chi connectivity index (χ0n) is 12.2. The van der Waals surface area contributed by atoms with Crippen molar-refractivity contribution in [1.82, 2.24) is 14.7 Å². The number of hydrogen-bond acceptors (Lipinski definition) is 3. The van der Waals surface area contributed by atoms with Gasteiger partial charge in [-0.25, -0.2) is 0 Å². The van der Waals surface area contributed by atoms with Crippen molar-refractivity contribution in [3.63, 3.8) is 0 Å². The Hall–Kier alpha value is -1.03. The molecule has 1 aliphatic heterocycles. The maximum Gasteiger partial charge on any atom is 0.128 e. The summed E-state index contributed by atoms with van der Waals surface area (Å²) in [7, 11) is 3.98. The van der Waals surface area contributed by atoms with Gasteiger partial charge in [0.2, 0.25) is 0 Å². The first kappa shape index (κ1) is 13.4. The van der Waals surface area contributed by atoms with E-state index in [9.17, 15) is 0 Å². The number of aromatic nitrogens is 2. The summed E-state index contributed by atoms with van der Waals surface area (Å²) in [4.78, 5) is 2.58. The number of nitrogens with zero attached hydrogens (tertiary/aromatic N) is 3. The van der Waals surface area contributed by atoms with E-state index in [1.165, 1.54) is 37.9 Å². The number of anilines is 1. The van der Waals surface area contributed by atoms with Gasteiger partial charge in [0.25, 0.3) is 0 Å². The molecule has 4 nitrogen and oxygen atoms in total. The van der Waals surface area contributed by atoms with Gasteiger partial charge in [-0.05, 0) is 45.2 Å². The molecule has 1 atom stereocenters. The first-order valence-electron chi connectivity index (χ1n) is 7.04. The van der Waals surface area contributed by atoms with Crippen molar-refractivity contribution in [3.05, 3.63) is 11.3 Å². The highest BCUT2D eigenvalue weighted by molar-refractivity contribution is 5.46. The summed E-state index contributed by atoms with van der Waals surface area (Å²) in [6, 6.07) is 0. The minimum atomic E-state index is 0.883. The second kappa shape index (κ2) is 5.74. The fourth-order valence-corrected chi connectivity index (χ4v) is 2.91. The van der Waals surface area contributed by atoms with Crippen molar-refractivity contribution in [2.24, 2.45) is 13.0 Å². The third-order valence-electron chi connectivity index (χ3n) is 4.07. The van der Waals surface area contributed by atoms with E-state index < -0.39 is 0 Å². The van der Waals surface area contributed by atoms with Crippen LogP contribution in [0.5, 0.6) is 0 Å². The van der Waals surface area contributed by atoms with Crippen LogP contribution in [0.3, 0.4) is 0 Å². The Morgan fingerprint density at radius 2 is 2.11 bits per heavy atom. The second-order valence-corrected chi connectivity index (χ2v) is 5.60. The van der Waals surface area contributed by atoms with Crippen molar-refractivity contribution in [1.29, 1.82) is 0 Å². The van der Waals surface area contributed by atoms with Crippen LogP contribution in [-0.2, 0) is 13.6 Å². The molecule has 0 amide bonds. The number of likely N-dealkylation sites (tertiary alicyclic amines) is 1. The summed E-state index contributed by atoms with van der Waals surface area (Å²) in [6.07, 6.45) is 4.03. The summed E-state index contributed by atoms with van der Waals surface area (Å²) >= 11 is 0. The Morgan fingerprint density at radius 1 is 1.33 bits per heavy atom. The van der Waals surface area contributed by atoms with Crippen LogP contribution in [0.1, 0.15) is 37.4 Å². The van der Waals surface area contributed by atoms with Gasteiger partial charge in [-0.1, -0.05) is 6.92 Å². The van der Waals surface area contributed by atoms with E-state index in [0.29, 0.717) is 0 Å². The summed E-state index contributed by atoms with van der Waals surface area (Å²) in [6.45, 7) is 7.96. The van der Waals surface area contributed by atoms with Gasteiger partial charge < -0.3 is 5.32 Å². The molecule has 1 aliphatic rings. The summed E-state index contributed by atoms with van der Waals surface area (Å²) in [5, 5.41) is 7.79. The molecule has 4 heteroatoms. The molecule has 0 spiro atoms. The third kappa shape index (κ3) is 2.86. The first-order chi connectivity index (χ1) is 8.61. The Labute approximate surface area is 110 Å². The standard InChI is InChI=1S/C14H26N4/c1-11-6-5-8-18(9-7-11)10-13-12(2)16-17(4)14(13)15-3/h11,15H,5-10H2,1-4H3. The van der Waals surface area contributed by atoms with Crippen LogP contribution < -0.4 is 5.32 Å². The van der Waals surface area contributed by atoms with Crippen molar-refractivity contribution >= 4 is 5.82 Å². The Bertz CT molecular complexity index is 397. The fourth-order valence-electron chi connectivity index (χ4n) is 2.91. The maximum atomic E-state index is 4.51. The van der Waals surface area contributed by atoms with Crippen molar-refractivity contribution in [2.45, 2.75) is 39.7 Å². The van der Waals surface area contributed by atoms with Gasteiger partial charge in [-0.15, -0.1) is 0 Å². The average molecular weight is 250 g/mol. The van der Waals surface area contributed by atoms with Gasteiger partial charge in [-0.2, -0.15) is 5.10 Å². The Kier molecular flexibility index (Phi) is 4.27. The van der Waals surface area contributed by atoms with Crippen LogP contribution in [-0.4, -0.2) is 34.8 Å². The highest BCUT2D eigenvalue weighted by Crippen LogP contribution is 2.23. The molecule has 1 saturated heterocycles. The van der Waals surface area contributed by atoms with E-state index in [1.807, 2.05) is 18.8 Å². The summed E-state index contributed by atoms with van der Waals surface area (Å²) in [5.74, 6) is 2.04.